The van der Waals surface area contributed by atoms with Gasteiger partial charge in [0.05, 0.1) is 6.61 Å². The first-order chi connectivity index (χ1) is 16.0. The van der Waals surface area contributed by atoms with Gasteiger partial charge in [0.25, 0.3) is 5.91 Å². The Bertz CT molecular complexity index is 887. The van der Waals surface area contributed by atoms with Crippen molar-refractivity contribution < 1.29 is 19.1 Å². The van der Waals surface area contributed by atoms with Gasteiger partial charge in [0, 0.05) is 63.6 Å². The highest BCUT2D eigenvalue weighted by molar-refractivity contribution is 5.98. The molecule has 1 atom stereocenters. The van der Waals surface area contributed by atoms with Crippen LogP contribution in [-0.2, 0) is 14.3 Å². The monoisotopic (exact) mass is 454 g/mol. The summed E-state index contributed by atoms with van der Waals surface area (Å²) >= 11 is 0. The number of benzene rings is 1. The van der Waals surface area contributed by atoms with Crippen LogP contribution in [0.2, 0.25) is 0 Å². The van der Waals surface area contributed by atoms with E-state index in [9.17, 15) is 14.4 Å². The average molecular weight is 455 g/mol. The van der Waals surface area contributed by atoms with Crippen molar-refractivity contribution in [1.29, 1.82) is 0 Å². The highest BCUT2D eigenvalue weighted by Crippen LogP contribution is 2.40. The lowest BCUT2D eigenvalue weighted by atomic mass is 9.83. The van der Waals surface area contributed by atoms with Crippen molar-refractivity contribution in [2.45, 2.75) is 43.9 Å². The van der Waals surface area contributed by atoms with Gasteiger partial charge < -0.3 is 19.4 Å². The molecular weight excluding hydrogens is 420 g/mol. The van der Waals surface area contributed by atoms with E-state index in [1.165, 1.54) is 0 Å². The topological polar surface area (TPSA) is 73.4 Å². The third-order valence-corrected chi connectivity index (χ3v) is 7.91. The molecule has 33 heavy (non-hydrogen) atoms. The Morgan fingerprint density at radius 2 is 1.52 bits per heavy atom. The molecule has 1 spiro atoms. The predicted octanol–water partition coefficient (Wildman–Crippen LogP) is 1.42. The minimum absolute atomic E-state index is 0.0303. The van der Waals surface area contributed by atoms with Gasteiger partial charge in [-0.25, -0.2) is 0 Å². The normalized spacial score (nSPS) is 25.8. The molecule has 3 saturated heterocycles. The highest BCUT2D eigenvalue weighted by Gasteiger charge is 2.55. The van der Waals surface area contributed by atoms with E-state index in [1.54, 1.807) is 17.0 Å². The van der Waals surface area contributed by atoms with E-state index in [0.29, 0.717) is 44.6 Å². The number of hydrogen-bond acceptors (Lipinski definition) is 5. The summed E-state index contributed by atoms with van der Waals surface area (Å²) < 4.78 is 6.32. The third-order valence-electron chi connectivity index (χ3n) is 7.91. The minimum atomic E-state index is -0.837. The van der Waals surface area contributed by atoms with Gasteiger partial charge in [0.1, 0.15) is 11.8 Å². The number of likely N-dealkylation sites (tertiary alicyclic amines) is 1. The van der Waals surface area contributed by atoms with Crippen molar-refractivity contribution in [3.05, 3.63) is 35.9 Å². The molecule has 3 heterocycles. The van der Waals surface area contributed by atoms with Crippen molar-refractivity contribution in [3.63, 3.8) is 0 Å². The number of amides is 3. The lowest BCUT2D eigenvalue weighted by Crippen LogP contribution is -2.61. The lowest BCUT2D eigenvalue weighted by Gasteiger charge is -2.46. The van der Waals surface area contributed by atoms with Gasteiger partial charge in [-0.15, -0.1) is 0 Å². The van der Waals surface area contributed by atoms with Gasteiger partial charge >= 0.3 is 0 Å². The zero-order valence-corrected chi connectivity index (χ0v) is 19.4. The first kappa shape index (κ1) is 22.3. The standard InChI is InChI=1S/C25H34N4O4/c1-26-14-16-28(17-15-26)24(32)21-18-33-25(29(21)23(31)20-6-3-2-4-7-20)10-12-27(13-11-25)22(30)19-8-5-9-19/h2-4,6-7,19,21H,5,8-18H2,1H3. The number of piperidine rings is 1. The summed E-state index contributed by atoms with van der Waals surface area (Å²) in [5.41, 5.74) is -0.275. The molecule has 0 bridgehead atoms. The molecule has 3 amide bonds. The molecule has 8 nitrogen and oxygen atoms in total. The molecule has 8 heteroatoms. The maximum absolute atomic E-state index is 13.7. The Hall–Kier alpha value is -2.45. The minimum Gasteiger partial charge on any atom is -0.353 e. The van der Waals surface area contributed by atoms with E-state index in [-0.39, 0.29) is 30.2 Å². The van der Waals surface area contributed by atoms with Crippen molar-refractivity contribution in [2.24, 2.45) is 5.92 Å². The number of nitrogens with zero attached hydrogens (tertiary/aromatic N) is 4. The molecule has 4 fully saturated rings. The Labute approximate surface area is 195 Å². The highest BCUT2D eigenvalue weighted by atomic mass is 16.5. The van der Waals surface area contributed by atoms with E-state index < -0.39 is 11.8 Å². The van der Waals surface area contributed by atoms with E-state index in [2.05, 4.69) is 11.9 Å². The number of ether oxygens (including phenoxy) is 1. The van der Waals surface area contributed by atoms with Crippen LogP contribution >= 0.6 is 0 Å². The molecule has 0 aromatic heterocycles. The van der Waals surface area contributed by atoms with E-state index >= 15 is 0 Å². The molecule has 5 rings (SSSR count). The quantitative estimate of drug-likeness (QED) is 0.691. The molecule has 1 saturated carbocycles. The van der Waals surface area contributed by atoms with Crippen LogP contribution in [0.5, 0.6) is 0 Å². The Kier molecular flexibility index (Phi) is 6.14. The SMILES string of the molecule is CN1CCN(C(=O)C2COC3(CCN(C(=O)C4CCC4)CC3)N2C(=O)c2ccccc2)CC1. The first-order valence-corrected chi connectivity index (χ1v) is 12.3. The molecule has 0 radical (unpaired) electrons. The van der Waals surface area contributed by atoms with Crippen LogP contribution in [-0.4, -0.2) is 102 Å². The molecular formula is C25H34N4O4. The van der Waals surface area contributed by atoms with Crippen LogP contribution in [0.15, 0.2) is 30.3 Å². The van der Waals surface area contributed by atoms with Crippen LogP contribution in [0, 0.1) is 5.92 Å². The van der Waals surface area contributed by atoms with E-state index in [1.807, 2.05) is 28.0 Å². The zero-order chi connectivity index (χ0) is 23.0. The number of hydrogen-bond donors (Lipinski definition) is 0. The molecule has 1 aromatic carbocycles. The van der Waals surface area contributed by atoms with Crippen LogP contribution in [0.1, 0.15) is 42.5 Å². The second-order valence-corrected chi connectivity index (χ2v) is 9.90. The summed E-state index contributed by atoms with van der Waals surface area (Å²) in [5, 5.41) is 0. The lowest BCUT2D eigenvalue weighted by molar-refractivity contribution is -0.150. The number of carbonyl (C=O) groups excluding carboxylic acids is 3. The molecule has 178 valence electrons. The van der Waals surface area contributed by atoms with Crippen LogP contribution in [0.3, 0.4) is 0 Å². The maximum atomic E-state index is 13.7. The summed E-state index contributed by atoms with van der Waals surface area (Å²) in [6, 6.07) is 8.52. The van der Waals surface area contributed by atoms with Gasteiger partial charge in [-0.2, -0.15) is 0 Å². The zero-order valence-electron chi connectivity index (χ0n) is 19.4. The van der Waals surface area contributed by atoms with Gasteiger partial charge in [0.2, 0.25) is 11.8 Å². The first-order valence-electron chi connectivity index (χ1n) is 12.3. The molecule has 1 aromatic rings. The molecule has 1 unspecified atom stereocenters. The number of piperazine rings is 1. The predicted molar refractivity (Wildman–Crippen MR) is 122 cm³/mol. The van der Waals surface area contributed by atoms with E-state index in [0.717, 1.165) is 32.4 Å². The summed E-state index contributed by atoms with van der Waals surface area (Å²) in [5.74, 6) is 0.203. The Morgan fingerprint density at radius 1 is 0.879 bits per heavy atom. The fourth-order valence-corrected chi connectivity index (χ4v) is 5.50. The maximum Gasteiger partial charge on any atom is 0.256 e. The molecule has 4 aliphatic rings. The van der Waals surface area contributed by atoms with Crippen molar-refractivity contribution in [3.8, 4) is 0 Å². The summed E-state index contributed by atoms with van der Waals surface area (Å²) in [6.45, 7) is 4.31. The van der Waals surface area contributed by atoms with Crippen LogP contribution in [0.25, 0.3) is 0 Å². The molecule has 1 aliphatic carbocycles. The van der Waals surface area contributed by atoms with Crippen LogP contribution < -0.4 is 0 Å². The fraction of sp³-hybridized carbons (Fsp3) is 0.640. The van der Waals surface area contributed by atoms with Crippen molar-refractivity contribution >= 4 is 17.7 Å². The smallest absolute Gasteiger partial charge is 0.256 e. The molecule has 0 N–H and O–H groups in total. The van der Waals surface area contributed by atoms with Gasteiger partial charge in [0.15, 0.2) is 0 Å². The van der Waals surface area contributed by atoms with E-state index in [4.69, 9.17) is 4.74 Å². The van der Waals surface area contributed by atoms with Gasteiger partial charge in [-0.3, -0.25) is 19.3 Å². The largest absolute Gasteiger partial charge is 0.353 e. The number of likely N-dealkylation sites (N-methyl/N-ethyl adjacent to an activating group) is 1. The second kappa shape index (κ2) is 9.06. The van der Waals surface area contributed by atoms with Gasteiger partial charge in [-0.05, 0) is 32.0 Å². The summed E-state index contributed by atoms with van der Waals surface area (Å²) in [4.78, 5) is 47.8. The average Bonchev–Trinajstić information content (AvgIpc) is 3.17. The molecule has 3 aliphatic heterocycles. The second-order valence-electron chi connectivity index (χ2n) is 9.90. The third kappa shape index (κ3) is 4.15. The van der Waals surface area contributed by atoms with Crippen LogP contribution in [0.4, 0.5) is 0 Å². The fourth-order valence-electron chi connectivity index (χ4n) is 5.50. The number of carbonyl (C=O) groups is 3. The Balaban J connectivity index is 1.37. The Morgan fingerprint density at radius 3 is 2.12 bits per heavy atom. The van der Waals surface area contributed by atoms with Gasteiger partial charge in [-0.1, -0.05) is 24.6 Å². The van der Waals surface area contributed by atoms with Crippen molar-refractivity contribution in [2.75, 3.05) is 52.9 Å². The summed E-state index contributed by atoms with van der Waals surface area (Å²) in [6.07, 6.45) is 4.17. The number of rotatable bonds is 3. The summed E-state index contributed by atoms with van der Waals surface area (Å²) in [7, 11) is 2.05. The van der Waals surface area contributed by atoms with Crippen molar-refractivity contribution in [1.82, 2.24) is 19.6 Å².